The van der Waals surface area contributed by atoms with Crippen molar-refractivity contribution in [2.24, 2.45) is 5.84 Å². The van der Waals surface area contributed by atoms with Crippen molar-refractivity contribution in [3.05, 3.63) is 17.5 Å². The minimum atomic E-state index is 0.326. The molecule has 0 aliphatic rings. The molecule has 0 aromatic carbocycles. The summed E-state index contributed by atoms with van der Waals surface area (Å²) in [5.74, 6) is 5.85. The Hall–Kier alpha value is -1.62. The molecule has 5 nitrogen and oxygen atoms in total. The van der Waals surface area contributed by atoms with E-state index in [0.29, 0.717) is 11.6 Å². The second-order valence-electron chi connectivity index (χ2n) is 4.06. The van der Waals surface area contributed by atoms with Gasteiger partial charge in [0.15, 0.2) is 0 Å². The first-order valence-electron chi connectivity index (χ1n) is 5.43. The van der Waals surface area contributed by atoms with E-state index in [1.807, 2.05) is 13.0 Å². The first-order chi connectivity index (χ1) is 7.67. The third kappa shape index (κ3) is 1.63. The van der Waals surface area contributed by atoms with Crippen LogP contribution in [0.3, 0.4) is 0 Å². The van der Waals surface area contributed by atoms with Crippen LogP contribution < -0.4 is 11.3 Å². The standard InChI is InChI=1S/C11H16N4O/c1-4-7-10-9(14-12)5-8(6(2)3)13-11(10)16-15-7/h5-6H,4,12H2,1-3H3,(H,13,14). The summed E-state index contributed by atoms with van der Waals surface area (Å²) in [4.78, 5) is 4.43. The summed E-state index contributed by atoms with van der Waals surface area (Å²) in [5.41, 5.74) is 5.89. The number of fused-ring (bicyclic) bond motifs is 1. The molecule has 0 fully saturated rings. The number of rotatable bonds is 3. The Labute approximate surface area is 94.0 Å². The molecule has 2 aromatic rings. The van der Waals surface area contributed by atoms with E-state index in [1.165, 1.54) is 0 Å². The van der Waals surface area contributed by atoms with Gasteiger partial charge in [0.1, 0.15) is 0 Å². The van der Waals surface area contributed by atoms with Gasteiger partial charge in [-0.2, -0.15) is 0 Å². The molecule has 0 aliphatic heterocycles. The summed E-state index contributed by atoms with van der Waals surface area (Å²) in [7, 11) is 0. The zero-order chi connectivity index (χ0) is 11.7. The Bertz CT molecular complexity index is 504. The summed E-state index contributed by atoms with van der Waals surface area (Å²) in [6, 6.07) is 1.95. The minimum absolute atomic E-state index is 0.326. The quantitative estimate of drug-likeness (QED) is 0.612. The smallest absolute Gasteiger partial charge is 0.260 e. The number of hydrazine groups is 1. The van der Waals surface area contributed by atoms with Gasteiger partial charge >= 0.3 is 0 Å². The van der Waals surface area contributed by atoms with Crippen molar-refractivity contribution in [2.45, 2.75) is 33.1 Å². The first kappa shape index (κ1) is 10.9. The van der Waals surface area contributed by atoms with Gasteiger partial charge in [-0.25, -0.2) is 4.98 Å². The fourth-order valence-corrected chi connectivity index (χ4v) is 1.68. The Morgan fingerprint density at radius 2 is 2.25 bits per heavy atom. The van der Waals surface area contributed by atoms with Crippen molar-refractivity contribution in [3.63, 3.8) is 0 Å². The summed E-state index contributed by atoms with van der Waals surface area (Å²) < 4.78 is 5.22. The number of aromatic nitrogens is 2. The maximum atomic E-state index is 5.52. The Balaban J connectivity index is 2.70. The van der Waals surface area contributed by atoms with Crippen molar-refractivity contribution < 1.29 is 4.52 Å². The number of anilines is 1. The van der Waals surface area contributed by atoms with Crippen molar-refractivity contribution in [3.8, 4) is 0 Å². The lowest BCUT2D eigenvalue weighted by molar-refractivity contribution is 0.439. The predicted octanol–water partition coefficient (Wildman–Crippen LogP) is 2.19. The van der Waals surface area contributed by atoms with Crippen LogP contribution in [0.5, 0.6) is 0 Å². The normalized spacial score (nSPS) is 11.3. The largest absolute Gasteiger partial charge is 0.335 e. The monoisotopic (exact) mass is 220 g/mol. The maximum Gasteiger partial charge on any atom is 0.260 e. The molecule has 0 radical (unpaired) electrons. The molecule has 2 heterocycles. The summed E-state index contributed by atoms with van der Waals surface area (Å²) in [5, 5.41) is 4.87. The number of nitrogens with one attached hydrogen (secondary N) is 1. The van der Waals surface area contributed by atoms with Crippen LogP contribution in [0, 0.1) is 0 Å². The van der Waals surface area contributed by atoms with Crippen LogP contribution in [-0.4, -0.2) is 10.1 Å². The molecule has 5 heteroatoms. The summed E-state index contributed by atoms with van der Waals surface area (Å²) in [6.07, 6.45) is 0.796. The SMILES string of the molecule is CCc1noc2nc(C(C)C)cc(NN)c12. The molecule has 0 aliphatic carbocycles. The van der Waals surface area contributed by atoms with Crippen LogP contribution in [0.15, 0.2) is 10.6 Å². The van der Waals surface area contributed by atoms with E-state index in [9.17, 15) is 0 Å². The highest BCUT2D eigenvalue weighted by Crippen LogP contribution is 2.28. The second kappa shape index (κ2) is 4.09. The van der Waals surface area contributed by atoms with E-state index < -0.39 is 0 Å². The molecule has 2 rings (SSSR count). The van der Waals surface area contributed by atoms with Gasteiger partial charge in [-0.1, -0.05) is 25.9 Å². The molecule has 0 atom stereocenters. The van der Waals surface area contributed by atoms with Crippen LogP contribution >= 0.6 is 0 Å². The average Bonchev–Trinajstić information content (AvgIpc) is 2.70. The van der Waals surface area contributed by atoms with Gasteiger partial charge < -0.3 is 9.95 Å². The van der Waals surface area contributed by atoms with Crippen LogP contribution in [0.2, 0.25) is 0 Å². The molecule has 0 spiro atoms. The van der Waals surface area contributed by atoms with Crippen LogP contribution in [0.4, 0.5) is 5.69 Å². The lowest BCUT2D eigenvalue weighted by atomic mass is 10.1. The van der Waals surface area contributed by atoms with E-state index in [2.05, 4.69) is 29.4 Å². The van der Waals surface area contributed by atoms with Crippen molar-refractivity contribution >= 4 is 16.8 Å². The summed E-state index contributed by atoms with van der Waals surface area (Å²) in [6.45, 7) is 6.17. The second-order valence-corrected chi connectivity index (χ2v) is 4.06. The number of hydrogen-bond acceptors (Lipinski definition) is 5. The van der Waals surface area contributed by atoms with E-state index in [4.69, 9.17) is 10.4 Å². The molecule has 0 unspecified atom stereocenters. The molecule has 0 amide bonds. The van der Waals surface area contributed by atoms with Gasteiger partial charge in [-0.15, -0.1) is 0 Å². The number of aryl methyl sites for hydroxylation is 1. The van der Waals surface area contributed by atoms with Gasteiger partial charge in [0.25, 0.3) is 5.71 Å². The highest BCUT2D eigenvalue weighted by Gasteiger charge is 2.15. The molecule has 0 saturated heterocycles. The van der Waals surface area contributed by atoms with Crippen molar-refractivity contribution in [1.29, 1.82) is 0 Å². The predicted molar refractivity (Wildman–Crippen MR) is 63.1 cm³/mol. The molecule has 0 bridgehead atoms. The summed E-state index contributed by atoms with van der Waals surface area (Å²) >= 11 is 0. The number of hydrogen-bond donors (Lipinski definition) is 2. The maximum absolute atomic E-state index is 5.52. The molecule has 86 valence electrons. The number of pyridine rings is 1. The van der Waals surface area contributed by atoms with Gasteiger partial charge in [0.05, 0.1) is 16.8 Å². The van der Waals surface area contributed by atoms with Crippen LogP contribution in [0.1, 0.15) is 38.1 Å². The van der Waals surface area contributed by atoms with Gasteiger partial charge in [0.2, 0.25) is 0 Å². The first-order valence-corrected chi connectivity index (χ1v) is 5.43. The molecule has 3 N–H and O–H groups in total. The number of nitrogens with two attached hydrogens (primary N) is 1. The number of nitrogen functional groups attached to an aromatic ring is 1. The van der Waals surface area contributed by atoms with Crippen molar-refractivity contribution in [2.75, 3.05) is 5.43 Å². The highest BCUT2D eigenvalue weighted by atomic mass is 16.5. The molecular weight excluding hydrogens is 204 g/mol. The zero-order valence-corrected chi connectivity index (χ0v) is 9.74. The van der Waals surface area contributed by atoms with Crippen LogP contribution in [-0.2, 0) is 6.42 Å². The van der Waals surface area contributed by atoms with Gasteiger partial charge in [0, 0.05) is 5.69 Å². The topological polar surface area (TPSA) is 77.0 Å². The Kier molecular flexibility index (Phi) is 2.78. The lowest BCUT2D eigenvalue weighted by Crippen LogP contribution is -2.09. The lowest BCUT2D eigenvalue weighted by Gasteiger charge is -2.07. The fraction of sp³-hybridized carbons (Fsp3) is 0.455. The van der Waals surface area contributed by atoms with Crippen LogP contribution in [0.25, 0.3) is 11.1 Å². The number of nitrogens with zero attached hydrogens (tertiary/aromatic N) is 2. The van der Waals surface area contributed by atoms with E-state index >= 15 is 0 Å². The van der Waals surface area contributed by atoms with E-state index in [-0.39, 0.29) is 0 Å². The highest BCUT2D eigenvalue weighted by molar-refractivity contribution is 5.90. The molecule has 0 saturated carbocycles. The van der Waals surface area contributed by atoms with Crippen molar-refractivity contribution in [1.82, 2.24) is 10.1 Å². The molecular formula is C11H16N4O. The molecule has 2 aromatic heterocycles. The van der Waals surface area contributed by atoms with Gasteiger partial charge in [-0.05, 0) is 18.4 Å². The third-order valence-electron chi connectivity index (χ3n) is 2.62. The third-order valence-corrected chi connectivity index (χ3v) is 2.62. The van der Waals surface area contributed by atoms with E-state index in [0.717, 1.165) is 28.9 Å². The van der Waals surface area contributed by atoms with E-state index in [1.54, 1.807) is 0 Å². The average molecular weight is 220 g/mol. The minimum Gasteiger partial charge on any atom is -0.335 e. The zero-order valence-electron chi connectivity index (χ0n) is 9.74. The molecule has 16 heavy (non-hydrogen) atoms. The van der Waals surface area contributed by atoms with Gasteiger partial charge in [-0.3, -0.25) is 5.84 Å². The Morgan fingerprint density at radius 3 is 2.81 bits per heavy atom. The Morgan fingerprint density at radius 1 is 1.50 bits per heavy atom. The fourth-order valence-electron chi connectivity index (χ4n) is 1.68.